The van der Waals surface area contributed by atoms with Crippen LogP contribution in [0.4, 0.5) is 0 Å². The van der Waals surface area contributed by atoms with E-state index in [-0.39, 0.29) is 43.8 Å². The fourth-order valence-corrected chi connectivity index (χ4v) is 5.04. The molecule has 2 heteroatoms. The Morgan fingerprint density at radius 1 is 0.500 bits per heavy atom. The first-order chi connectivity index (χ1) is 23.3. The monoisotopic (exact) mass is 473 g/mol. The maximum Gasteiger partial charge on any atom is 0.144 e. The third kappa shape index (κ3) is 2.61. The van der Waals surface area contributed by atoms with Crippen molar-refractivity contribution in [3.8, 4) is 22.3 Å². The van der Waals surface area contributed by atoms with Crippen LogP contribution in [0.2, 0.25) is 0 Å². The first-order valence-electron chi connectivity index (χ1n) is 17.6. The highest BCUT2D eigenvalue weighted by Crippen LogP contribution is 2.48. The number of rotatable bonds is 2. The highest BCUT2D eigenvalue weighted by atomic mass is 16.3. The maximum atomic E-state index is 9.25. The van der Waals surface area contributed by atoms with E-state index >= 15 is 0 Å². The van der Waals surface area contributed by atoms with E-state index < -0.39 is 84.1 Å². The van der Waals surface area contributed by atoms with E-state index in [1.165, 1.54) is 6.26 Å². The zero-order valence-electron chi connectivity index (χ0n) is 31.4. The van der Waals surface area contributed by atoms with E-state index in [2.05, 4.69) is 0 Å². The quantitative estimate of drug-likeness (QED) is 0.233. The normalized spacial score (nSPS) is 16.9. The Bertz CT molecular complexity index is 2710. The molecule has 2 nitrogen and oxygen atoms in total. The molecule has 0 saturated heterocycles. The Hall–Kier alpha value is -4.82. The van der Waals surface area contributed by atoms with Crippen molar-refractivity contribution in [2.75, 3.05) is 0 Å². The average molecular weight is 474 g/mol. The molecule has 0 bridgehead atoms. The van der Waals surface area contributed by atoms with Crippen molar-refractivity contribution < 1.29 is 26.7 Å². The molecule has 0 aliphatic rings. The first kappa shape index (κ1) is 10.8. The molecule has 0 radical (unpaired) electrons. The number of benzene rings is 6. The summed E-state index contributed by atoms with van der Waals surface area (Å²) in [5.41, 5.74) is 0.508. The van der Waals surface area contributed by atoms with Crippen LogP contribution in [-0.4, -0.2) is 0 Å². The van der Waals surface area contributed by atoms with E-state index in [1.807, 2.05) is 12.1 Å². The third-order valence-electron chi connectivity index (χ3n) is 6.48. The van der Waals surface area contributed by atoms with Crippen LogP contribution >= 0.6 is 0 Å². The highest BCUT2D eigenvalue weighted by Gasteiger charge is 2.23. The van der Waals surface area contributed by atoms with Crippen LogP contribution in [0.5, 0.6) is 0 Å². The Morgan fingerprint density at radius 3 is 1.86 bits per heavy atom. The molecule has 168 valence electrons. The summed E-state index contributed by atoms with van der Waals surface area (Å²) in [4.78, 5) is 0. The van der Waals surface area contributed by atoms with Crippen LogP contribution < -0.4 is 0 Å². The van der Waals surface area contributed by atoms with Gasteiger partial charge in [-0.05, 0) is 50.9 Å². The minimum Gasteiger partial charge on any atom is -0.464 e. The van der Waals surface area contributed by atoms with Crippen LogP contribution in [0.25, 0.3) is 76.7 Å². The summed E-state index contributed by atoms with van der Waals surface area (Å²) in [5.74, 6) is 0. The minimum absolute atomic E-state index is 0.0174. The van der Waals surface area contributed by atoms with E-state index in [1.54, 1.807) is 24.3 Å². The lowest BCUT2D eigenvalue weighted by Gasteiger charge is -2.18. The van der Waals surface area contributed by atoms with Gasteiger partial charge in [0.15, 0.2) is 0 Å². The van der Waals surface area contributed by atoms with Gasteiger partial charge in [0.25, 0.3) is 0 Å². The fraction of sp³-hybridized carbons (Fsp3) is 0. The summed E-state index contributed by atoms with van der Waals surface area (Å²) in [6, 6.07) is 1.90. The van der Waals surface area contributed by atoms with Gasteiger partial charge in [-0.3, -0.25) is 0 Å². The van der Waals surface area contributed by atoms with Crippen LogP contribution in [0, 0.1) is 0 Å². The molecular formula is C34H20O2. The van der Waals surface area contributed by atoms with Gasteiger partial charge in [-0.15, -0.1) is 0 Å². The van der Waals surface area contributed by atoms with Gasteiger partial charge >= 0.3 is 0 Å². The van der Waals surface area contributed by atoms with E-state index in [9.17, 15) is 2.74 Å². The second-order valence-electron chi connectivity index (χ2n) is 8.31. The smallest absolute Gasteiger partial charge is 0.144 e. The van der Waals surface area contributed by atoms with Crippen molar-refractivity contribution in [1.29, 1.82) is 0 Å². The summed E-state index contributed by atoms with van der Waals surface area (Å²) in [6.45, 7) is 0. The zero-order valence-corrected chi connectivity index (χ0v) is 18.4. The van der Waals surface area contributed by atoms with Gasteiger partial charge < -0.3 is 8.83 Å². The zero-order chi connectivity index (χ0) is 35.0. The van der Waals surface area contributed by atoms with E-state index in [0.717, 1.165) is 0 Å². The summed E-state index contributed by atoms with van der Waals surface area (Å²) < 4.78 is 126. The Balaban J connectivity index is 1.80. The largest absolute Gasteiger partial charge is 0.464 e. The van der Waals surface area contributed by atoms with Gasteiger partial charge in [-0.2, -0.15) is 0 Å². The lowest BCUT2D eigenvalue weighted by Crippen LogP contribution is -1.91. The van der Waals surface area contributed by atoms with Crippen molar-refractivity contribution in [3.63, 3.8) is 0 Å². The van der Waals surface area contributed by atoms with Crippen molar-refractivity contribution in [2.45, 2.75) is 0 Å². The molecule has 8 rings (SSSR count). The molecule has 0 N–H and O–H groups in total. The van der Waals surface area contributed by atoms with E-state index in [4.69, 9.17) is 23.9 Å². The van der Waals surface area contributed by atoms with Crippen LogP contribution in [-0.2, 0) is 0 Å². The van der Waals surface area contributed by atoms with Crippen LogP contribution in [0.15, 0.2) is 130 Å². The van der Waals surface area contributed by atoms with Crippen LogP contribution in [0.1, 0.15) is 17.8 Å². The molecular weight excluding hydrogens is 440 g/mol. The predicted octanol–water partition coefficient (Wildman–Crippen LogP) is 9.97. The molecule has 36 heavy (non-hydrogen) atoms. The lowest BCUT2D eigenvalue weighted by atomic mass is 9.85. The Labute approximate surface area is 225 Å². The summed E-state index contributed by atoms with van der Waals surface area (Å²) >= 11 is 0. The highest BCUT2D eigenvalue weighted by molar-refractivity contribution is 6.28. The topological polar surface area (TPSA) is 26.3 Å². The Morgan fingerprint density at radius 2 is 1.14 bits per heavy atom. The van der Waals surface area contributed by atoms with Gasteiger partial charge in [-0.1, -0.05) is 96.8 Å². The molecule has 8 aromatic rings. The molecule has 2 aromatic heterocycles. The number of furan rings is 2. The van der Waals surface area contributed by atoms with Crippen molar-refractivity contribution >= 4 is 54.5 Å². The maximum absolute atomic E-state index is 9.25. The molecule has 0 saturated carbocycles. The summed E-state index contributed by atoms with van der Waals surface area (Å²) in [6.07, 6.45) is 1.42. The van der Waals surface area contributed by atoms with Crippen molar-refractivity contribution in [2.24, 2.45) is 0 Å². The molecule has 2 heterocycles. The molecule has 6 aromatic carbocycles. The van der Waals surface area contributed by atoms with Gasteiger partial charge in [0, 0.05) is 27.3 Å². The minimum atomic E-state index is -0.727. The molecule has 0 fully saturated rings. The molecule has 0 aliphatic carbocycles. The first-order valence-corrected chi connectivity index (χ1v) is 11.1. The Kier molecular flexibility index (Phi) is 2.21. The second-order valence-corrected chi connectivity index (χ2v) is 8.31. The summed E-state index contributed by atoms with van der Waals surface area (Å²) in [7, 11) is 0. The standard InChI is InChI=1S/C34H20O2/c1-2-10-21(11-3-1)31-23-13-4-6-15-25(23)32(26-16-7-5-14-24(26)31)33-27-18-19-35-30(27)20-28-22-12-8-9-17-29(22)36-34(28)33/h1-20H/i1D,2D,3D,4D,5D,6D,7D,10D,11D,13D,14D,15D,16D. The van der Waals surface area contributed by atoms with Crippen molar-refractivity contribution in [3.05, 3.63) is 121 Å². The van der Waals surface area contributed by atoms with E-state index in [0.29, 0.717) is 27.3 Å². The molecule has 0 unspecified atom stereocenters. The SMILES string of the molecule is [2H]c1c([2H])c([2H])c(-c2c3c([2H])c([2H])c([2H])c([2H])c3c(-c3c4ccoc4cc4c3oc3ccccc34)c3c([2H])c([2H])c([2H])c([2H])c23)c([2H])c1[2H]. The van der Waals surface area contributed by atoms with Crippen LogP contribution in [0.3, 0.4) is 0 Å². The molecule has 0 aliphatic heterocycles. The third-order valence-corrected chi connectivity index (χ3v) is 6.48. The van der Waals surface area contributed by atoms with Crippen molar-refractivity contribution in [1.82, 2.24) is 0 Å². The van der Waals surface area contributed by atoms with Gasteiger partial charge in [-0.25, -0.2) is 0 Å². The molecule has 0 amide bonds. The predicted molar refractivity (Wildman–Crippen MR) is 149 cm³/mol. The number of fused-ring (bicyclic) bond motifs is 6. The van der Waals surface area contributed by atoms with Gasteiger partial charge in [0.2, 0.25) is 0 Å². The lowest BCUT2D eigenvalue weighted by molar-refractivity contribution is 0.616. The number of para-hydroxylation sites is 1. The number of hydrogen-bond acceptors (Lipinski definition) is 2. The van der Waals surface area contributed by atoms with Gasteiger partial charge in [0.05, 0.1) is 24.1 Å². The average Bonchev–Trinajstić information content (AvgIpc) is 3.72. The second kappa shape index (κ2) is 7.34. The fourth-order valence-electron chi connectivity index (χ4n) is 5.04. The molecule has 0 spiro atoms. The summed E-state index contributed by atoms with van der Waals surface area (Å²) in [5, 5.41) is 0.728. The number of hydrogen-bond donors (Lipinski definition) is 0. The van der Waals surface area contributed by atoms with Gasteiger partial charge in [0.1, 0.15) is 16.7 Å². The molecule has 0 atom stereocenters.